The third kappa shape index (κ3) is 3.33. The van der Waals surface area contributed by atoms with Gasteiger partial charge in [-0.15, -0.1) is 11.3 Å². The van der Waals surface area contributed by atoms with Crippen LogP contribution in [0.25, 0.3) is 10.2 Å². The van der Waals surface area contributed by atoms with Gasteiger partial charge in [0, 0.05) is 24.9 Å². The van der Waals surface area contributed by atoms with Crippen LogP contribution in [-0.4, -0.2) is 35.0 Å². The largest absolute Gasteiger partial charge is 0.358 e. The standard InChI is InChI=1S/C16H20N4O3S/c1-17-13(22)8-18-12(21)6-7-20-9-19-15-14(16(20)23)10-4-2-3-5-11(10)24-15/h9H,2-8H2,1H3,(H,17,22)(H,18,21). The summed E-state index contributed by atoms with van der Waals surface area (Å²) in [5, 5.41) is 5.68. The van der Waals surface area contributed by atoms with E-state index in [9.17, 15) is 14.4 Å². The van der Waals surface area contributed by atoms with E-state index in [-0.39, 0.29) is 36.9 Å². The Labute approximate surface area is 143 Å². The first-order valence-corrected chi connectivity index (χ1v) is 8.88. The SMILES string of the molecule is CNC(=O)CNC(=O)CCn1cnc2sc3c(c2c1=O)CCCC3. The van der Waals surface area contributed by atoms with Gasteiger partial charge < -0.3 is 10.6 Å². The predicted octanol–water partition coefficient (Wildman–Crippen LogP) is 0.589. The number of likely N-dealkylation sites (N-methyl/N-ethyl adjacent to an activating group) is 1. The minimum absolute atomic E-state index is 0.0560. The molecule has 2 aromatic heterocycles. The quantitative estimate of drug-likeness (QED) is 0.827. The van der Waals surface area contributed by atoms with Gasteiger partial charge in [0.05, 0.1) is 18.3 Å². The highest BCUT2D eigenvalue weighted by molar-refractivity contribution is 7.18. The van der Waals surface area contributed by atoms with Crippen LogP contribution in [0.15, 0.2) is 11.1 Å². The fourth-order valence-electron chi connectivity index (χ4n) is 2.92. The van der Waals surface area contributed by atoms with Gasteiger partial charge in [0.15, 0.2) is 0 Å². The highest BCUT2D eigenvalue weighted by atomic mass is 32.1. The second-order valence-electron chi connectivity index (χ2n) is 5.83. The van der Waals surface area contributed by atoms with Crippen molar-refractivity contribution in [3.63, 3.8) is 0 Å². The Balaban J connectivity index is 1.74. The molecule has 7 nitrogen and oxygen atoms in total. The Hall–Kier alpha value is -2.22. The van der Waals surface area contributed by atoms with Crippen molar-refractivity contribution < 1.29 is 9.59 Å². The Kier molecular flexibility index (Phi) is 4.94. The summed E-state index contributed by atoms with van der Waals surface area (Å²) in [7, 11) is 1.51. The summed E-state index contributed by atoms with van der Waals surface area (Å²) < 4.78 is 1.49. The lowest BCUT2D eigenvalue weighted by atomic mass is 9.97. The number of fused-ring (bicyclic) bond motifs is 3. The number of nitrogens with zero attached hydrogens (tertiary/aromatic N) is 2. The number of thiophene rings is 1. The highest BCUT2D eigenvalue weighted by Crippen LogP contribution is 2.33. The molecule has 128 valence electrons. The summed E-state index contributed by atoms with van der Waals surface area (Å²) >= 11 is 1.61. The fourth-order valence-corrected chi connectivity index (χ4v) is 4.14. The van der Waals surface area contributed by atoms with E-state index in [4.69, 9.17) is 0 Å². The van der Waals surface area contributed by atoms with Crippen LogP contribution in [0.3, 0.4) is 0 Å². The lowest BCUT2D eigenvalue weighted by Gasteiger charge is -2.10. The number of nitrogens with one attached hydrogen (secondary N) is 2. The van der Waals surface area contributed by atoms with Crippen molar-refractivity contribution in [2.24, 2.45) is 0 Å². The molecule has 2 heterocycles. The van der Waals surface area contributed by atoms with Crippen molar-refractivity contribution in [3.05, 3.63) is 27.1 Å². The van der Waals surface area contributed by atoms with Crippen molar-refractivity contribution >= 4 is 33.4 Å². The lowest BCUT2D eigenvalue weighted by molar-refractivity contribution is -0.126. The molecule has 0 radical (unpaired) electrons. The molecule has 0 bridgehead atoms. The first-order chi connectivity index (χ1) is 11.6. The second kappa shape index (κ2) is 7.12. The van der Waals surface area contributed by atoms with Crippen molar-refractivity contribution in [1.82, 2.24) is 20.2 Å². The third-order valence-corrected chi connectivity index (χ3v) is 5.45. The van der Waals surface area contributed by atoms with E-state index in [1.165, 1.54) is 29.2 Å². The van der Waals surface area contributed by atoms with E-state index in [0.29, 0.717) is 0 Å². The molecule has 0 fully saturated rings. The zero-order chi connectivity index (χ0) is 17.1. The van der Waals surface area contributed by atoms with Gasteiger partial charge in [-0.1, -0.05) is 0 Å². The van der Waals surface area contributed by atoms with E-state index in [1.807, 2.05) is 0 Å². The van der Waals surface area contributed by atoms with Crippen molar-refractivity contribution in [2.75, 3.05) is 13.6 Å². The average Bonchev–Trinajstić information content (AvgIpc) is 2.98. The highest BCUT2D eigenvalue weighted by Gasteiger charge is 2.20. The smallest absolute Gasteiger partial charge is 0.262 e. The minimum atomic E-state index is -0.266. The Morgan fingerprint density at radius 1 is 1.29 bits per heavy atom. The molecular formula is C16H20N4O3S. The van der Waals surface area contributed by atoms with Crippen LogP contribution in [-0.2, 0) is 29.0 Å². The molecule has 1 aliphatic carbocycles. The molecule has 24 heavy (non-hydrogen) atoms. The average molecular weight is 348 g/mol. The second-order valence-corrected chi connectivity index (χ2v) is 6.92. The van der Waals surface area contributed by atoms with E-state index in [2.05, 4.69) is 15.6 Å². The summed E-state index contributed by atoms with van der Waals surface area (Å²) in [5.41, 5.74) is 1.08. The number of hydrogen-bond donors (Lipinski definition) is 2. The molecule has 0 saturated carbocycles. The number of aromatic nitrogens is 2. The first kappa shape index (κ1) is 16.6. The summed E-state index contributed by atoms with van der Waals surface area (Å²) in [4.78, 5) is 42.1. The van der Waals surface area contributed by atoms with Gasteiger partial charge >= 0.3 is 0 Å². The molecule has 2 N–H and O–H groups in total. The van der Waals surface area contributed by atoms with Gasteiger partial charge in [-0.2, -0.15) is 0 Å². The van der Waals surface area contributed by atoms with E-state index in [1.54, 1.807) is 11.3 Å². The molecule has 2 aromatic rings. The van der Waals surface area contributed by atoms with E-state index >= 15 is 0 Å². The number of amides is 2. The first-order valence-electron chi connectivity index (χ1n) is 8.07. The molecule has 0 saturated heterocycles. The van der Waals surface area contributed by atoms with Gasteiger partial charge in [-0.25, -0.2) is 4.98 Å². The number of aryl methyl sites for hydroxylation is 3. The maximum absolute atomic E-state index is 12.7. The fraction of sp³-hybridized carbons (Fsp3) is 0.500. The van der Waals surface area contributed by atoms with Crippen LogP contribution in [0.5, 0.6) is 0 Å². The van der Waals surface area contributed by atoms with Gasteiger partial charge in [0.25, 0.3) is 5.56 Å². The zero-order valence-corrected chi connectivity index (χ0v) is 14.4. The van der Waals surface area contributed by atoms with Crippen LogP contribution in [0.1, 0.15) is 29.7 Å². The predicted molar refractivity (Wildman–Crippen MR) is 92.2 cm³/mol. The number of carbonyl (C=O) groups excluding carboxylic acids is 2. The molecule has 0 spiro atoms. The monoisotopic (exact) mass is 348 g/mol. The summed E-state index contributed by atoms with van der Waals surface area (Å²) in [5.74, 6) is -0.522. The molecule has 8 heteroatoms. The maximum atomic E-state index is 12.7. The lowest BCUT2D eigenvalue weighted by Crippen LogP contribution is -2.36. The number of rotatable bonds is 5. The topological polar surface area (TPSA) is 93.1 Å². The molecule has 0 aliphatic heterocycles. The molecular weight excluding hydrogens is 328 g/mol. The van der Waals surface area contributed by atoms with E-state index < -0.39 is 0 Å². The third-order valence-electron chi connectivity index (χ3n) is 4.25. The Morgan fingerprint density at radius 3 is 2.88 bits per heavy atom. The summed E-state index contributed by atoms with van der Waals surface area (Å²) in [6, 6.07) is 0. The molecule has 0 aromatic carbocycles. The van der Waals surface area contributed by atoms with Crippen LogP contribution in [0.4, 0.5) is 0 Å². The zero-order valence-electron chi connectivity index (χ0n) is 13.6. The van der Waals surface area contributed by atoms with Crippen LogP contribution in [0, 0.1) is 0 Å². The van der Waals surface area contributed by atoms with Crippen LogP contribution in [0.2, 0.25) is 0 Å². The minimum Gasteiger partial charge on any atom is -0.358 e. The van der Waals surface area contributed by atoms with Crippen LogP contribution >= 0.6 is 11.3 Å². The van der Waals surface area contributed by atoms with Gasteiger partial charge in [0.1, 0.15) is 4.83 Å². The van der Waals surface area contributed by atoms with Crippen LogP contribution < -0.4 is 16.2 Å². The maximum Gasteiger partial charge on any atom is 0.262 e. The van der Waals surface area contributed by atoms with Gasteiger partial charge in [0.2, 0.25) is 11.8 Å². The summed E-state index contributed by atoms with van der Waals surface area (Å²) in [6.07, 6.45) is 5.88. The Morgan fingerprint density at radius 2 is 2.08 bits per heavy atom. The summed E-state index contributed by atoms with van der Waals surface area (Å²) in [6.45, 7) is 0.200. The molecule has 1 aliphatic rings. The number of hydrogen-bond acceptors (Lipinski definition) is 5. The van der Waals surface area contributed by atoms with Crippen molar-refractivity contribution in [3.8, 4) is 0 Å². The molecule has 3 rings (SSSR count). The van der Waals surface area contributed by atoms with Crippen molar-refractivity contribution in [1.29, 1.82) is 0 Å². The van der Waals surface area contributed by atoms with Gasteiger partial charge in [-0.05, 0) is 31.2 Å². The number of carbonyl (C=O) groups is 2. The normalized spacial score (nSPS) is 13.5. The molecule has 0 unspecified atom stereocenters. The van der Waals surface area contributed by atoms with E-state index in [0.717, 1.165) is 35.0 Å². The Bertz CT molecular complexity index is 840. The molecule has 2 amide bonds. The van der Waals surface area contributed by atoms with Crippen molar-refractivity contribution in [2.45, 2.75) is 38.6 Å². The van der Waals surface area contributed by atoms with Gasteiger partial charge in [-0.3, -0.25) is 19.0 Å². The molecule has 0 atom stereocenters.